The molecule has 1 saturated heterocycles. The second-order valence-electron chi connectivity index (χ2n) is 7.68. The Bertz CT molecular complexity index is 648. The largest absolute Gasteiger partial charge is 0.493 e. The molecule has 0 saturated carbocycles. The molecule has 5 heteroatoms. The molecule has 0 bridgehead atoms. The van der Waals surface area contributed by atoms with Crippen molar-refractivity contribution in [1.29, 1.82) is 0 Å². The summed E-state index contributed by atoms with van der Waals surface area (Å²) in [4.78, 5) is 4.47. The van der Waals surface area contributed by atoms with Crippen LogP contribution in [0.15, 0.2) is 30.9 Å². The fourth-order valence-corrected chi connectivity index (χ4v) is 3.72. The van der Waals surface area contributed by atoms with Gasteiger partial charge in [0.2, 0.25) is 0 Å². The average Bonchev–Trinajstić information content (AvgIpc) is 2.69. The van der Waals surface area contributed by atoms with Crippen LogP contribution in [0.1, 0.15) is 37.7 Å². The highest BCUT2D eigenvalue weighted by Gasteiger charge is 2.15. The van der Waals surface area contributed by atoms with E-state index in [1.807, 2.05) is 24.3 Å². The molecule has 0 spiro atoms. The van der Waals surface area contributed by atoms with Gasteiger partial charge in [-0.05, 0) is 43.6 Å². The Morgan fingerprint density at radius 1 is 1.24 bits per heavy atom. The fraction of sp³-hybridized carbons (Fsp3) is 0.583. The zero-order valence-corrected chi connectivity index (χ0v) is 17.8. The van der Waals surface area contributed by atoms with Gasteiger partial charge >= 0.3 is 0 Å². The second-order valence-corrected chi connectivity index (χ2v) is 7.68. The number of hydrogen-bond donors (Lipinski definition) is 1. The maximum Gasteiger partial charge on any atom is 0.161 e. The number of nitrogens with zero attached hydrogens (tertiary/aromatic N) is 2. The van der Waals surface area contributed by atoms with E-state index in [4.69, 9.17) is 15.9 Å². The molecule has 1 fully saturated rings. The van der Waals surface area contributed by atoms with Crippen LogP contribution in [0.5, 0.6) is 11.5 Å². The highest BCUT2D eigenvalue weighted by Crippen LogP contribution is 2.28. The molecule has 160 valence electrons. The van der Waals surface area contributed by atoms with Crippen molar-refractivity contribution in [2.24, 2.45) is 0 Å². The zero-order valence-electron chi connectivity index (χ0n) is 17.8. The molecule has 1 N–H and O–H groups in total. The minimum atomic E-state index is -0.516. The first-order valence-electron chi connectivity index (χ1n) is 10.6. The van der Waals surface area contributed by atoms with Gasteiger partial charge in [0.25, 0.3) is 0 Å². The Hall–Kier alpha value is -2.00. The van der Waals surface area contributed by atoms with Gasteiger partial charge in [0, 0.05) is 19.6 Å². The van der Waals surface area contributed by atoms with E-state index >= 15 is 0 Å². The van der Waals surface area contributed by atoms with Crippen LogP contribution in [0, 0.1) is 12.3 Å². The summed E-state index contributed by atoms with van der Waals surface area (Å²) in [5.41, 5.74) is 1.09. The monoisotopic (exact) mass is 400 g/mol. The molecule has 1 aromatic rings. The van der Waals surface area contributed by atoms with Crippen molar-refractivity contribution in [3.63, 3.8) is 0 Å². The van der Waals surface area contributed by atoms with Crippen molar-refractivity contribution in [3.05, 3.63) is 36.4 Å². The van der Waals surface area contributed by atoms with Crippen LogP contribution in [-0.2, 0) is 6.54 Å². The lowest BCUT2D eigenvalue weighted by molar-refractivity contribution is 0.0645. The third-order valence-corrected chi connectivity index (χ3v) is 5.19. The predicted molar refractivity (Wildman–Crippen MR) is 118 cm³/mol. The number of aliphatic hydroxyl groups is 1. The molecule has 5 nitrogen and oxygen atoms in total. The first-order valence-corrected chi connectivity index (χ1v) is 10.6. The molecule has 1 aromatic carbocycles. The summed E-state index contributed by atoms with van der Waals surface area (Å²) in [6.07, 6.45) is 13.1. The van der Waals surface area contributed by atoms with E-state index in [0.29, 0.717) is 31.1 Å². The maximum atomic E-state index is 10.4. The molecule has 29 heavy (non-hydrogen) atoms. The third kappa shape index (κ3) is 8.49. The number of β-amino-alcohol motifs (C(OH)–C–C–N with tert-alkyl or cyclic N) is 1. The summed E-state index contributed by atoms with van der Waals surface area (Å²) >= 11 is 0. The molecular formula is C24H36N2O3. The average molecular weight is 401 g/mol. The summed E-state index contributed by atoms with van der Waals surface area (Å²) in [5, 5.41) is 10.4. The summed E-state index contributed by atoms with van der Waals surface area (Å²) in [6.45, 7) is 8.83. The number of ether oxygens (including phenoxy) is 2. The van der Waals surface area contributed by atoms with Crippen LogP contribution >= 0.6 is 0 Å². The van der Waals surface area contributed by atoms with E-state index in [1.165, 1.54) is 32.1 Å². The van der Waals surface area contributed by atoms with E-state index in [0.717, 1.165) is 25.2 Å². The van der Waals surface area contributed by atoms with Crippen LogP contribution in [0.4, 0.5) is 0 Å². The Morgan fingerprint density at radius 2 is 1.97 bits per heavy atom. The normalized spacial score (nSPS) is 16.5. The van der Waals surface area contributed by atoms with Gasteiger partial charge in [-0.15, -0.1) is 13.0 Å². The lowest BCUT2D eigenvalue weighted by Crippen LogP contribution is -2.37. The summed E-state index contributed by atoms with van der Waals surface area (Å²) in [7, 11) is 1.63. The molecular weight excluding hydrogens is 364 g/mol. The van der Waals surface area contributed by atoms with Crippen molar-refractivity contribution in [2.45, 2.75) is 44.8 Å². The van der Waals surface area contributed by atoms with Crippen LogP contribution < -0.4 is 9.47 Å². The standard InChI is InChI=1S/C24H36N2O3/c1-4-13-25(14-5-2)18-21-11-12-23(24(17-21)28-3)29-20-22(27)19-26-15-9-7-6-8-10-16-26/h1,5,11-12,17,22,27H,2,6-10,13-16,18-20H2,3H3/t22-/m0/s1. The van der Waals surface area contributed by atoms with Gasteiger partial charge < -0.3 is 19.5 Å². The molecule has 1 aliphatic heterocycles. The minimum Gasteiger partial charge on any atom is -0.493 e. The summed E-state index contributed by atoms with van der Waals surface area (Å²) in [5.74, 6) is 3.99. The van der Waals surface area contributed by atoms with E-state index in [9.17, 15) is 5.11 Å². The number of aliphatic hydroxyl groups excluding tert-OH is 1. The van der Waals surface area contributed by atoms with Crippen molar-refractivity contribution in [2.75, 3.05) is 46.4 Å². The Morgan fingerprint density at radius 3 is 2.62 bits per heavy atom. The first kappa shape index (κ1) is 23.3. The van der Waals surface area contributed by atoms with E-state index in [1.54, 1.807) is 7.11 Å². The molecule has 0 amide bonds. The molecule has 1 atom stereocenters. The van der Waals surface area contributed by atoms with Gasteiger partial charge in [-0.3, -0.25) is 4.90 Å². The number of rotatable bonds is 11. The second kappa shape index (κ2) is 13.3. The van der Waals surface area contributed by atoms with Gasteiger partial charge in [-0.2, -0.15) is 0 Å². The Kier molecular flexibility index (Phi) is 10.6. The Labute approximate surface area is 176 Å². The van der Waals surface area contributed by atoms with E-state index in [-0.39, 0.29) is 6.61 Å². The minimum absolute atomic E-state index is 0.256. The fourth-order valence-electron chi connectivity index (χ4n) is 3.72. The lowest BCUT2D eigenvalue weighted by atomic mass is 10.1. The summed E-state index contributed by atoms with van der Waals surface area (Å²) in [6, 6.07) is 5.88. The SMILES string of the molecule is C#CCN(CC=C)Cc1ccc(OC[C@@H](O)CN2CCCCCCC2)c(OC)c1. The van der Waals surface area contributed by atoms with Crippen LogP contribution in [0.25, 0.3) is 0 Å². The summed E-state index contributed by atoms with van der Waals surface area (Å²) < 4.78 is 11.4. The quantitative estimate of drug-likeness (QED) is 0.456. The van der Waals surface area contributed by atoms with Crippen molar-refractivity contribution in [3.8, 4) is 23.8 Å². The van der Waals surface area contributed by atoms with Crippen LogP contribution in [0.3, 0.4) is 0 Å². The molecule has 2 rings (SSSR count). The molecule has 0 unspecified atom stereocenters. The topological polar surface area (TPSA) is 45.2 Å². The number of terminal acetylenes is 1. The highest BCUT2D eigenvalue weighted by atomic mass is 16.5. The number of benzene rings is 1. The van der Waals surface area contributed by atoms with Crippen molar-refractivity contribution >= 4 is 0 Å². The number of methoxy groups -OCH3 is 1. The lowest BCUT2D eigenvalue weighted by Gasteiger charge is -2.27. The highest BCUT2D eigenvalue weighted by molar-refractivity contribution is 5.43. The van der Waals surface area contributed by atoms with Crippen LogP contribution in [0.2, 0.25) is 0 Å². The predicted octanol–water partition coefficient (Wildman–Crippen LogP) is 3.32. The first-order chi connectivity index (χ1) is 14.2. The molecule has 0 radical (unpaired) electrons. The van der Waals surface area contributed by atoms with Crippen LogP contribution in [-0.4, -0.2) is 67.5 Å². The number of likely N-dealkylation sites (tertiary alicyclic amines) is 1. The van der Waals surface area contributed by atoms with E-state index < -0.39 is 6.10 Å². The third-order valence-electron chi connectivity index (χ3n) is 5.19. The van der Waals surface area contributed by atoms with Gasteiger partial charge in [-0.25, -0.2) is 0 Å². The van der Waals surface area contributed by atoms with Gasteiger partial charge in [0.05, 0.1) is 13.7 Å². The number of hydrogen-bond acceptors (Lipinski definition) is 5. The maximum absolute atomic E-state index is 10.4. The molecule has 1 aliphatic rings. The van der Waals surface area contributed by atoms with Gasteiger partial charge in [0.15, 0.2) is 11.5 Å². The Balaban J connectivity index is 1.89. The van der Waals surface area contributed by atoms with Crippen molar-refractivity contribution < 1.29 is 14.6 Å². The van der Waals surface area contributed by atoms with Crippen molar-refractivity contribution in [1.82, 2.24) is 9.80 Å². The smallest absolute Gasteiger partial charge is 0.161 e. The molecule has 1 heterocycles. The zero-order chi connectivity index (χ0) is 20.9. The van der Waals surface area contributed by atoms with Gasteiger partial charge in [0.1, 0.15) is 12.7 Å². The van der Waals surface area contributed by atoms with E-state index in [2.05, 4.69) is 22.3 Å². The molecule has 0 aliphatic carbocycles. The molecule has 0 aromatic heterocycles. The van der Waals surface area contributed by atoms with Gasteiger partial charge in [-0.1, -0.05) is 37.3 Å².